The molecule has 2 aliphatic rings. The smallest absolute Gasteiger partial charge is 0.225 e. The summed E-state index contributed by atoms with van der Waals surface area (Å²) in [5.74, 6) is 2.57. The number of nitrogens with one attached hydrogen (secondary N) is 2. The van der Waals surface area contributed by atoms with Gasteiger partial charge in [-0.05, 0) is 37.1 Å². The molecule has 1 unspecified atom stereocenters. The summed E-state index contributed by atoms with van der Waals surface area (Å²) in [5, 5.41) is 6.41. The number of nitrogens with zero attached hydrogens (tertiary/aromatic N) is 1. The highest BCUT2D eigenvalue weighted by Crippen LogP contribution is 2.17. The Morgan fingerprint density at radius 2 is 2.08 bits per heavy atom. The highest BCUT2D eigenvalue weighted by molar-refractivity contribution is 7.99. The molecular formula is C17H27Cl2N3OS. The molecule has 4 nitrogen and oxygen atoms in total. The number of thioether (sulfide) groups is 1. The monoisotopic (exact) mass is 391 g/mol. The summed E-state index contributed by atoms with van der Waals surface area (Å²) in [4.78, 5) is 14.6. The van der Waals surface area contributed by atoms with E-state index in [9.17, 15) is 4.79 Å². The maximum Gasteiger partial charge on any atom is 0.225 e. The van der Waals surface area contributed by atoms with Crippen molar-refractivity contribution < 1.29 is 4.79 Å². The zero-order valence-corrected chi connectivity index (χ0v) is 16.3. The Balaban J connectivity index is 0.00000144. The van der Waals surface area contributed by atoms with Crippen molar-refractivity contribution in [3.05, 3.63) is 29.8 Å². The molecule has 0 aliphatic carbocycles. The van der Waals surface area contributed by atoms with Gasteiger partial charge < -0.3 is 10.6 Å². The van der Waals surface area contributed by atoms with Crippen molar-refractivity contribution in [2.45, 2.75) is 31.8 Å². The van der Waals surface area contributed by atoms with Crippen molar-refractivity contribution in [3.8, 4) is 0 Å². The maximum absolute atomic E-state index is 12.1. The first-order valence-corrected chi connectivity index (χ1v) is 9.37. The first kappa shape index (κ1) is 21.6. The van der Waals surface area contributed by atoms with Gasteiger partial charge in [-0.25, -0.2) is 0 Å². The number of hydrogen-bond acceptors (Lipinski definition) is 4. The van der Waals surface area contributed by atoms with E-state index in [1.165, 1.54) is 23.5 Å². The van der Waals surface area contributed by atoms with Gasteiger partial charge in [0.05, 0.1) is 0 Å². The number of benzene rings is 1. The average molecular weight is 392 g/mol. The molecule has 1 amide bonds. The lowest BCUT2D eigenvalue weighted by atomic mass is 10.1. The molecule has 2 saturated heterocycles. The van der Waals surface area contributed by atoms with Crippen LogP contribution in [-0.4, -0.2) is 48.0 Å². The lowest BCUT2D eigenvalue weighted by molar-refractivity contribution is -0.116. The van der Waals surface area contributed by atoms with Crippen molar-refractivity contribution >= 4 is 48.2 Å². The lowest BCUT2D eigenvalue weighted by Crippen LogP contribution is -2.32. The van der Waals surface area contributed by atoms with E-state index in [1.54, 1.807) is 0 Å². The molecule has 0 spiro atoms. The van der Waals surface area contributed by atoms with Gasteiger partial charge in [0.25, 0.3) is 0 Å². The van der Waals surface area contributed by atoms with Crippen LogP contribution >= 0.6 is 36.6 Å². The fraction of sp³-hybridized carbons (Fsp3) is 0.588. The SMILES string of the molecule is Cl.Cl.O=C(CC1CCCN1)Nc1cccc(CN2CCSCC2)c1. The fourth-order valence-electron chi connectivity index (χ4n) is 3.13. The van der Waals surface area contributed by atoms with Crippen molar-refractivity contribution in [2.24, 2.45) is 0 Å². The quantitative estimate of drug-likeness (QED) is 0.808. The Morgan fingerprint density at radius 3 is 2.79 bits per heavy atom. The van der Waals surface area contributed by atoms with Crippen LogP contribution in [-0.2, 0) is 11.3 Å². The molecule has 2 heterocycles. The van der Waals surface area contributed by atoms with E-state index >= 15 is 0 Å². The van der Waals surface area contributed by atoms with Gasteiger partial charge in [0.1, 0.15) is 0 Å². The molecule has 0 aromatic heterocycles. The van der Waals surface area contributed by atoms with Gasteiger partial charge in [-0.1, -0.05) is 12.1 Å². The highest BCUT2D eigenvalue weighted by atomic mass is 35.5. The second kappa shape index (κ2) is 11.2. The van der Waals surface area contributed by atoms with Gasteiger partial charge in [-0.15, -0.1) is 24.8 Å². The highest BCUT2D eigenvalue weighted by Gasteiger charge is 2.17. The van der Waals surface area contributed by atoms with Gasteiger partial charge in [0, 0.05) is 49.3 Å². The molecule has 1 aromatic carbocycles. The van der Waals surface area contributed by atoms with Gasteiger partial charge in [-0.2, -0.15) is 11.8 Å². The predicted molar refractivity (Wildman–Crippen MR) is 108 cm³/mol. The summed E-state index contributed by atoms with van der Waals surface area (Å²) in [7, 11) is 0. The Morgan fingerprint density at radius 1 is 1.29 bits per heavy atom. The van der Waals surface area contributed by atoms with E-state index in [0.717, 1.165) is 38.3 Å². The van der Waals surface area contributed by atoms with Crippen LogP contribution in [0.4, 0.5) is 5.69 Å². The zero-order chi connectivity index (χ0) is 15.2. The molecule has 3 rings (SSSR count). The normalized spacial score (nSPS) is 20.8. The second-order valence-electron chi connectivity index (χ2n) is 6.13. The Kier molecular flexibility index (Phi) is 10.1. The van der Waals surface area contributed by atoms with Crippen molar-refractivity contribution in [1.29, 1.82) is 0 Å². The number of rotatable bonds is 5. The summed E-state index contributed by atoms with van der Waals surface area (Å²) in [5.41, 5.74) is 2.20. The Labute approximate surface area is 161 Å². The fourth-order valence-corrected chi connectivity index (χ4v) is 4.11. The number of amides is 1. The van der Waals surface area contributed by atoms with E-state index in [2.05, 4.69) is 27.7 Å². The topological polar surface area (TPSA) is 44.4 Å². The molecular weight excluding hydrogens is 365 g/mol. The Hall–Kier alpha value is -0.460. The van der Waals surface area contributed by atoms with Crippen LogP contribution in [0.25, 0.3) is 0 Å². The lowest BCUT2D eigenvalue weighted by Gasteiger charge is -2.26. The minimum absolute atomic E-state index is 0. The van der Waals surface area contributed by atoms with Crippen LogP contribution in [0.1, 0.15) is 24.8 Å². The zero-order valence-electron chi connectivity index (χ0n) is 13.8. The minimum Gasteiger partial charge on any atom is -0.326 e. The average Bonchev–Trinajstić information content (AvgIpc) is 3.01. The van der Waals surface area contributed by atoms with E-state index < -0.39 is 0 Å². The number of anilines is 1. The molecule has 2 aliphatic heterocycles. The number of halogens is 2. The van der Waals surface area contributed by atoms with Gasteiger partial charge in [0.15, 0.2) is 0 Å². The van der Waals surface area contributed by atoms with Crippen molar-refractivity contribution in [2.75, 3.05) is 36.5 Å². The minimum atomic E-state index is 0. The van der Waals surface area contributed by atoms with Gasteiger partial charge in [0.2, 0.25) is 5.91 Å². The standard InChI is InChI=1S/C17H25N3OS.2ClH/c21-17(12-15-5-2-6-18-15)19-16-4-1-3-14(11-16)13-20-7-9-22-10-8-20;;/h1,3-4,11,15,18H,2,5-10,12-13H2,(H,19,21);2*1H. The van der Waals surface area contributed by atoms with Crippen LogP contribution in [0.15, 0.2) is 24.3 Å². The summed E-state index contributed by atoms with van der Waals surface area (Å²) in [6.07, 6.45) is 2.87. The Bertz CT molecular complexity index is 506. The molecule has 2 fully saturated rings. The molecule has 0 radical (unpaired) electrons. The molecule has 1 aromatic rings. The number of hydrogen-bond donors (Lipinski definition) is 2. The van der Waals surface area contributed by atoms with Crippen molar-refractivity contribution in [1.82, 2.24) is 10.2 Å². The summed E-state index contributed by atoms with van der Waals surface area (Å²) in [6, 6.07) is 8.64. The third kappa shape index (κ3) is 6.81. The van der Waals surface area contributed by atoms with Crippen LogP contribution in [0.3, 0.4) is 0 Å². The summed E-state index contributed by atoms with van der Waals surface area (Å²) >= 11 is 2.03. The van der Waals surface area contributed by atoms with E-state index in [-0.39, 0.29) is 30.7 Å². The van der Waals surface area contributed by atoms with Crippen LogP contribution in [0.5, 0.6) is 0 Å². The van der Waals surface area contributed by atoms with E-state index in [4.69, 9.17) is 0 Å². The maximum atomic E-state index is 12.1. The number of carbonyl (C=O) groups is 1. The van der Waals surface area contributed by atoms with Crippen molar-refractivity contribution in [3.63, 3.8) is 0 Å². The van der Waals surface area contributed by atoms with Crippen LogP contribution < -0.4 is 10.6 Å². The molecule has 24 heavy (non-hydrogen) atoms. The molecule has 7 heteroatoms. The number of carbonyl (C=O) groups excluding carboxylic acids is 1. The molecule has 2 N–H and O–H groups in total. The van der Waals surface area contributed by atoms with Crippen LogP contribution in [0, 0.1) is 0 Å². The van der Waals surface area contributed by atoms with Gasteiger partial charge in [-0.3, -0.25) is 9.69 Å². The molecule has 1 atom stereocenters. The van der Waals surface area contributed by atoms with Crippen LogP contribution in [0.2, 0.25) is 0 Å². The third-order valence-electron chi connectivity index (χ3n) is 4.31. The first-order valence-electron chi connectivity index (χ1n) is 8.22. The summed E-state index contributed by atoms with van der Waals surface area (Å²) < 4.78 is 0. The third-order valence-corrected chi connectivity index (χ3v) is 5.26. The second-order valence-corrected chi connectivity index (χ2v) is 7.36. The largest absolute Gasteiger partial charge is 0.326 e. The van der Waals surface area contributed by atoms with Gasteiger partial charge >= 0.3 is 0 Å². The predicted octanol–water partition coefficient (Wildman–Crippen LogP) is 3.16. The molecule has 0 bridgehead atoms. The molecule has 0 saturated carbocycles. The first-order chi connectivity index (χ1) is 10.8. The summed E-state index contributed by atoms with van der Waals surface area (Å²) in [6.45, 7) is 4.35. The van der Waals surface area contributed by atoms with E-state index in [1.807, 2.05) is 23.9 Å². The van der Waals surface area contributed by atoms with E-state index in [0.29, 0.717) is 12.5 Å². The molecule has 136 valence electrons.